The van der Waals surface area contributed by atoms with Gasteiger partial charge in [0.2, 0.25) is 5.82 Å². The Morgan fingerprint density at radius 1 is 0.696 bits per heavy atom. The molecule has 1 nitrogen and oxygen atoms in total. The van der Waals surface area contributed by atoms with Crippen molar-refractivity contribution in [2.75, 3.05) is 6.61 Å². The van der Waals surface area contributed by atoms with Gasteiger partial charge in [0.25, 0.3) is 0 Å². The largest absolute Gasteiger partial charge is 0.490 e. The molecule has 1 atom stereocenters. The lowest BCUT2D eigenvalue weighted by atomic mass is 9.70. The van der Waals surface area contributed by atoms with Crippen molar-refractivity contribution in [2.45, 2.75) is 97.3 Å². The van der Waals surface area contributed by atoms with Gasteiger partial charge in [0.1, 0.15) is 0 Å². The molecule has 0 N–H and O–H groups in total. The van der Waals surface area contributed by atoms with Gasteiger partial charge in [-0.1, -0.05) is 93.7 Å². The molecule has 2 aliphatic carbocycles. The van der Waals surface area contributed by atoms with Crippen molar-refractivity contribution in [3.63, 3.8) is 0 Å². The summed E-state index contributed by atoms with van der Waals surface area (Å²) in [5.74, 6) is -1.62. The topological polar surface area (TPSA) is 9.23 Å². The van der Waals surface area contributed by atoms with E-state index in [1.54, 1.807) is 36.4 Å². The monoisotopic (exact) mass is 632 g/mol. The zero-order valence-electron chi connectivity index (χ0n) is 27.4. The van der Waals surface area contributed by atoms with Crippen molar-refractivity contribution in [1.82, 2.24) is 0 Å². The summed E-state index contributed by atoms with van der Waals surface area (Å²) in [6.45, 7) is 4.52. The first-order valence-corrected chi connectivity index (χ1v) is 17.4. The van der Waals surface area contributed by atoms with Crippen molar-refractivity contribution in [1.29, 1.82) is 0 Å². The van der Waals surface area contributed by atoms with Gasteiger partial charge in [0.15, 0.2) is 23.2 Å². The Hall–Kier alpha value is -3.34. The van der Waals surface area contributed by atoms with Gasteiger partial charge in [-0.25, -0.2) is 13.2 Å². The van der Waals surface area contributed by atoms with Crippen LogP contribution in [0.1, 0.15) is 103 Å². The molecule has 0 saturated heterocycles. The molecule has 0 aliphatic heterocycles. The Morgan fingerprint density at radius 2 is 1.33 bits per heavy atom. The van der Waals surface area contributed by atoms with E-state index in [9.17, 15) is 8.78 Å². The van der Waals surface area contributed by atoms with Crippen LogP contribution < -0.4 is 4.74 Å². The van der Waals surface area contributed by atoms with Gasteiger partial charge in [0, 0.05) is 16.7 Å². The van der Waals surface area contributed by atoms with Crippen LogP contribution in [0.4, 0.5) is 17.6 Å². The second-order valence-electron chi connectivity index (χ2n) is 13.2. The fourth-order valence-corrected chi connectivity index (χ4v) is 7.40. The molecule has 0 heterocycles. The van der Waals surface area contributed by atoms with E-state index in [1.165, 1.54) is 50.7 Å². The molecular weight excluding hydrogens is 584 g/mol. The van der Waals surface area contributed by atoms with E-state index in [0.29, 0.717) is 29.2 Å². The molecule has 3 aromatic rings. The van der Waals surface area contributed by atoms with E-state index < -0.39 is 23.3 Å². The third-order valence-corrected chi connectivity index (χ3v) is 10.2. The van der Waals surface area contributed by atoms with Crippen LogP contribution >= 0.6 is 0 Å². The molecule has 0 spiro atoms. The highest BCUT2D eigenvalue weighted by molar-refractivity contribution is 5.74. The van der Waals surface area contributed by atoms with E-state index in [2.05, 4.69) is 32.1 Å². The molecule has 5 heteroatoms. The van der Waals surface area contributed by atoms with Crippen molar-refractivity contribution in [3.8, 4) is 28.0 Å². The number of unbranched alkanes of at least 4 members (excludes halogenated alkanes) is 3. The van der Waals surface area contributed by atoms with Crippen LogP contribution in [0.15, 0.2) is 66.8 Å². The summed E-state index contributed by atoms with van der Waals surface area (Å²) >= 11 is 0. The number of benzene rings is 3. The second kappa shape index (κ2) is 16.5. The molecule has 0 amide bonds. The number of hydrogen-bond acceptors (Lipinski definition) is 1. The predicted octanol–water partition coefficient (Wildman–Crippen LogP) is 12.9. The Bertz CT molecular complexity index is 1500. The van der Waals surface area contributed by atoms with E-state index >= 15 is 8.78 Å². The van der Waals surface area contributed by atoms with Gasteiger partial charge in [-0.3, -0.25) is 0 Å². The maximum absolute atomic E-state index is 15.5. The lowest BCUT2D eigenvalue weighted by Gasteiger charge is -2.35. The van der Waals surface area contributed by atoms with Crippen molar-refractivity contribution in [3.05, 3.63) is 95.6 Å². The van der Waals surface area contributed by atoms with Crippen LogP contribution in [0.3, 0.4) is 0 Å². The molecule has 46 heavy (non-hydrogen) atoms. The number of halogens is 4. The summed E-state index contributed by atoms with van der Waals surface area (Å²) < 4.78 is 66.1. The molecular formula is C41H48F4O. The van der Waals surface area contributed by atoms with Gasteiger partial charge >= 0.3 is 0 Å². The summed E-state index contributed by atoms with van der Waals surface area (Å²) in [5.41, 5.74) is 2.38. The van der Waals surface area contributed by atoms with Crippen molar-refractivity contribution >= 4 is 5.57 Å². The first-order chi connectivity index (χ1) is 22.4. The zero-order chi connectivity index (χ0) is 32.5. The molecule has 1 fully saturated rings. The Labute approximate surface area is 272 Å². The maximum Gasteiger partial charge on any atom is 0.201 e. The number of ether oxygens (including phenoxy) is 1. The Balaban J connectivity index is 1.21. The highest BCUT2D eigenvalue weighted by Crippen LogP contribution is 2.43. The fourth-order valence-electron chi connectivity index (χ4n) is 7.40. The first-order valence-electron chi connectivity index (χ1n) is 17.4. The first kappa shape index (κ1) is 34.0. The third-order valence-electron chi connectivity index (χ3n) is 10.2. The van der Waals surface area contributed by atoms with Crippen molar-refractivity contribution < 1.29 is 22.3 Å². The standard InChI is InChI=1S/C41H48F4O/c1-3-5-7-9-27-46-37-26-25-36(40(44)41(37)45)33-21-19-32(20-22-33)35-24-23-34(38(42)39(35)43)31-17-15-30(16-18-31)29-13-11-28(12-14-29)10-8-6-4-2/h4,6,17,19-26,28-30H,3,5,7-16,18,27H2,1-2H3/b6-4+. The third kappa shape index (κ3) is 8.14. The normalized spacial score (nSPS) is 20.2. The van der Waals surface area contributed by atoms with Gasteiger partial charge < -0.3 is 4.74 Å². The summed E-state index contributed by atoms with van der Waals surface area (Å²) in [6, 6.07) is 12.7. The zero-order valence-corrected chi connectivity index (χ0v) is 27.4. The van der Waals surface area contributed by atoms with E-state index in [-0.39, 0.29) is 16.9 Å². The van der Waals surface area contributed by atoms with Gasteiger partial charge in [-0.2, -0.15) is 4.39 Å². The van der Waals surface area contributed by atoms with E-state index in [1.807, 2.05) is 0 Å². The lowest BCUT2D eigenvalue weighted by molar-refractivity contribution is 0.190. The molecule has 3 aromatic carbocycles. The molecule has 2 aliphatic rings. The Kier molecular flexibility index (Phi) is 12.2. The molecule has 5 rings (SSSR count). The van der Waals surface area contributed by atoms with Crippen LogP contribution in [-0.4, -0.2) is 6.61 Å². The van der Waals surface area contributed by atoms with E-state index in [4.69, 9.17) is 4.74 Å². The lowest BCUT2D eigenvalue weighted by Crippen LogP contribution is -2.23. The molecule has 246 valence electrons. The van der Waals surface area contributed by atoms with Crippen LogP contribution in [0.2, 0.25) is 0 Å². The quantitative estimate of drug-likeness (QED) is 0.103. The molecule has 0 aromatic heterocycles. The number of hydrogen-bond donors (Lipinski definition) is 0. The van der Waals surface area contributed by atoms with Gasteiger partial charge in [-0.15, -0.1) is 0 Å². The summed E-state index contributed by atoms with van der Waals surface area (Å²) in [7, 11) is 0. The summed E-state index contributed by atoms with van der Waals surface area (Å²) in [5, 5.41) is 0. The van der Waals surface area contributed by atoms with Gasteiger partial charge in [-0.05, 0) is 105 Å². The highest BCUT2D eigenvalue weighted by Gasteiger charge is 2.29. The number of allylic oxidation sites excluding steroid dienone is 4. The maximum atomic E-state index is 15.5. The second-order valence-corrected chi connectivity index (χ2v) is 13.2. The highest BCUT2D eigenvalue weighted by atomic mass is 19.2. The minimum Gasteiger partial charge on any atom is -0.490 e. The molecule has 0 bridgehead atoms. The fraction of sp³-hybridized carbons (Fsp3) is 0.463. The average molecular weight is 633 g/mol. The van der Waals surface area contributed by atoms with Crippen LogP contribution in [0, 0.1) is 41.0 Å². The van der Waals surface area contributed by atoms with Crippen molar-refractivity contribution in [2.24, 2.45) is 17.8 Å². The predicted molar refractivity (Wildman–Crippen MR) is 182 cm³/mol. The minimum atomic E-state index is -1.02. The smallest absolute Gasteiger partial charge is 0.201 e. The van der Waals surface area contributed by atoms with Crippen LogP contribution in [0.5, 0.6) is 5.75 Å². The molecule has 0 radical (unpaired) electrons. The number of rotatable bonds is 13. The van der Waals surface area contributed by atoms with Crippen LogP contribution in [-0.2, 0) is 0 Å². The Morgan fingerprint density at radius 3 is 1.96 bits per heavy atom. The minimum absolute atomic E-state index is 0.0874. The average Bonchev–Trinajstić information content (AvgIpc) is 3.08. The molecule has 1 unspecified atom stereocenters. The molecule has 1 saturated carbocycles. The summed E-state index contributed by atoms with van der Waals surface area (Å²) in [6.07, 6.45) is 20.8. The van der Waals surface area contributed by atoms with Crippen LogP contribution in [0.25, 0.3) is 27.8 Å². The summed E-state index contributed by atoms with van der Waals surface area (Å²) in [4.78, 5) is 0. The van der Waals surface area contributed by atoms with E-state index in [0.717, 1.165) is 62.4 Å². The SMILES string of the molecule is C/C=C/CCC1CCC(C2CC=C(c3ccc(-c4ccc(-c5ccc(OCCCCCC)c(F)c5F)cc4)c(F)c3F)CC2)CC1. The van der Waals surface area contributed by atoms with Gasteiger partial charge in [0.05, 0.1) is 6.61 Å².